The van der Waals surface area contributed by atoms with Gasteiger partial charge in [0.2, 0.25) is 0 Å². The topological polar surface area (TPSA) is 70.6 Å². The molecule has 23 heavy (non-hydrogen) atoms. The van der Waals surface area contributed by atoms with E-state index in [4.69, 9.17) is 0 Å². The third-order valence-corrected chi connectivity index (χ3v) is 4.26. The zero-order valence-electron chi connectivity index (χ0n) is 13.7. The van der Waals surface area contributed by atoms with E-state index in [1.54, 1.807) is 19.1 Å². The molecule has 8 heteroatoms. The summed E-state index contributed by atoms with van der Waals surface area (Å²) in [5.41, 5.74) is 1.64. The van der Waals surface area contributed by atoms with Crippen LogP contribution in [-0.4, -0.2) is 40.4 Å². The minimum absolute atomic E-state index is 0. The van der Waals surface area contributed by atoms with Gasteiger partial charge < -0.3 is 10.6 Å². The number of nitrogens with one attached hydrogen (secondary N) is 2. The Labute approximate surface area is 155 Å². The van der Waals surface area contributed by atoms with E-state index in [0.29, 0.717) is 42.5 Å². The summed E-state index contributed by atoms with van der Waals surface area (Å²) < 4.78 is 35.3. The molecule has 0 saturated carbocycles. The van der Waals surface area contributed by atoms with Gasteiger partial charge in [-0.3, -0.25) is 4.39 Å². The summed E-state index contributed by atoms with van der Waals surface area (Å²) in [5, 5.41) is 6.13. The van der Waals surface area contributed by atoms with Gasteiger partial charge >= 0.3 is 0 Å². The maximum absolute atomic E-state index is 12.1. The zero-order chi connectivity index (χ0) is 16.6. The first kappa shape index (κ1) is 22.1. The predicted octanol–water partition coefficient (Wildman–Crippen LogP) is 2.43. The molecule has 0 unspecified atom stereocenters. The van der Waals surface area contributed by atoms with Crippen LogP contribution in [0.5, 0.6) is 0 Å². The van der Waals surface area contributed by atoms with Gasteiger partial charge in [-0.1, -0.05) is 12.1 Å². The van der Waals surface area contributed by atoms with E-state index in [1.807, 2.05) is 13.0 Å². The average Bonchev–Trinajstić information content (AvgIpc) is 2.43. The number of benzene rings is 1. The second kappa shape index (κ2) is 10.8. The first-order valence-electron chi connectivity index (χ1n) is 7.26. The highest BCUT2D eigenvalue weighted by molar-refractivity contribution is 14.0. The molecule has 0 radical (unpaired) electrons. The van der Waals surface area contributed by atoms with E-state index < -0.39 is 9.84 Å². The van der Waals surface area contributed by atoms with Crippen LogP contribution in [0.25, 0.3) is 0 Å². The minimum atomic E-state index is -3.20. The average molecular weight is 457 g/mol. The van der Waals surface area contributed by atoms with Crippen molar-refractivity contribution in [3.05, 3.63) is 29.3 Å². The molecule has 0 bridgehead atoms. The summed E-state index contributed by atoms with van der Waals surface area (Å²) in [6.07, 6.45) is 1.64. The summed E-state index contributed by atoms with van der Waals surface area (Å²) >= 11 is 0. The Balaban J connectivity index is 0.00000484. The lowest BCUT2D eigenvalue weighted by atomic mass is 10.1. The molecule has 0 atom stereocenters. The molecule has 0 saturated heterocycles. The molecule has 0 aliphatic rings. The first-order chi connectivity index (χ1) is 10.4. The number of aliphatic imine (C=N–C) groups is 1. The molecular formula is C15H25FIN3O2S. The standard InChI is InChI=1S/C15H24FN3O2S.HI/c1-4-17-15(18-9-5-8-16)19-11-13-6-7-14(12(2)10-13)22(3,20)21;/h6-7,10H,4-5,8-9,11H2,1-3H3,(H2,17,18,19);1H. The largest absolute Gasteiger partial charge is 0.357 e. The van der Waals surface area contributed by atoms with Crippen molar-refractivity contribution >= 4 is 39.8 Å². The van der Waals surface area contributed by atoms with Gasteiger partial charge in [0.1, 0.15) is 0 Å². The number of hydrogen-bond donors (Lipinski definition) is 2. The van der Waals surface area contributed by atoms with Crippen molar-refractivity contribution in [1.82, 2.24) is 10.6 Å². The van der Waals surface area contributed by atoms with Crippen molar-refractivity contribution in [2.75, 3.05) is 26.0 Å². The van der Waals surface area contributed by atoms with Gasteiger partial charge in [-0.25, -0.2) is 13.4 Å². The van der Waals surface area contributed by atoms with Gasteiger partial charge in [-0.15, -0.1) is 24.0 Å². The van der Waals surface area contributed by atoms with Gasteiger partial charge in [-0.05, 0) is 37.5 Å². The van der Waals surface area contributed by atoms with E-state index in [0.717, 1.165) is 5.56 Å². The Morgan fingerprint density at radius 2 is 2.00 bits per heavy atom. The molecule has 0 aliphatic heterocycles. The Morgan fingerprint density at radius 1 is 1.30 bits per heavy atom. The van der Waals surface area contributed by atoms with Gasteiger partial charge in [0.25, 0.3) is 0 Å². The van der Waals surface area contributed by atoms with Crippen LogP contribution in [0.3, 0.4) is 0 Å². The lowest BCUT2D eigenvalue weighted by Gasteiger charge is -2.11. The van der Waals surface area contributed by atoms with Crippen LogP contribution in [0.1, 0.15) is 24.5 Å². The summed E-state index contributed by atoms with van der Waals surface area (Å²) in [6, 6.07) is 5.20. The van der Waals surface area contributed by atoms with Gasteiger partial charge in [-0.2, -0.15) is 0 Å². The van der Waals surface area contributed by atoms with Crippen molar-refractivity contribution < 1.29 is 12.8 Å². The van der Waals surface area contributed by atoms with E-state index in [1.165, 1.54) is 6.26 Å². The number of hydrogen-bond acceptors (Lipinski definition) is 3. The van der Waals surface area contributed by atoms with Crippen LogP contribution in [-0.2, 0) is 16.4 Å². The Morgan fingerprint density at radius 3 is 2.52 bits per heavy atom. The summed E-state index contributed by atoms with van der Waals surface area (Å²) in [7, 11) is -3.20. The molecular weight excluding hydrogens is 432 g/mol. The summed E-state index contributed by atoms with van der Waals surface area (Å²) in [6.45, 7) is 5.03. The van der Waals surface area contributed by atoms with Gasteiger partial charge in [0.05, 0.1) is 18.1 Å². The van der Waals surface area contributed by atoms with Crippen LogP contribution in [0.2, 0.25) is 0 Å². The first-order valence-corrected chi connectivity index (χ1v) is 9.15. The number of halogens is 2. The van der Waals surface area contributed by atoms with E-state index in [2.05, 4.69) is 15.6 Å². The van der Waals surface area contributed by atoms with Crippen LogP contribution >= 0.6 is 24.0 Å². The third-order valence-electron chi connectivity index (χ3n) is 3.01. The number of aryl methyl sites for hydroxylation is 1. The van der Waals surface area contributed by atoms with Gasteiger partial charge in [0.15, 0.2) is 15.8 Å². The van der Waals surface area contributed by atoms with E-state index >= 15 is 0 Å². The van der Waals surface area contributed by atoms with Crippen molar-refractivity contribution in [2.45, 2.75) is 31.7 Å². The van der Waals surface area contributed by atoms with Crippen LogP contribution in [0, 0.1) is 6.92 Å². The fourth-order valence-electron chi connectivity index (χ4n) is 2.01. The molecule has 0 fully saturated rings. The monoisotopic (exact) mass is 457 g/mol. The molecule has 1 aromatic carbocycles. The number of guanidine groups is 1. The number of rotatable bonds is 7. The van der Waals surface area contributed by atoms with Crippen molar-refractivity contribution in [2.24, 2.45) is 4.99 Å². The Hall–Kier alpha value is -0.900. The molecule has 0 heterocycles. The second-order valence-corrected chi connectivity index (χ2v) is 7.02. The zero-order valence-corrected chi connectivity index (χ0v) is 16.9. The van der Waals surface area contributed by atoms with Crippen LogP contribution in [0.4, 0.5) is 4.39 Å². The molecule has 1 aromatic rings. The maximum Gasteiger partial charge on any atom is 0.191 e. The normalized spacial score (nSPS) is 11.7. The Kier molecular flexibility index (Phi) is 10.4. The molecule has 0 amide bonds. The minimum Gasteiger partial charge on any atom is -0.357 e. The smallest absolute Gasteiger partial charge is 0.191 e. The maximum atomic E-state index is 12.1. The highest BCUT2D eigenvalue weighted by Gasteiger charge is 2.10. The molecule has 0 aliphatic carbocycles. The number of alkyl halides is 1. The number of nitrogens with zero attached hydrogens (tertiary/aromatic N) is 1. The fourth-order valence-corrected chi connectivity index (χ4v) is 2.97. The number of sulfone groups is 1. The summed E-state index contributed by atoms with van der Waals surface area (Å²) in [5.74, 6) is 0.626. The molecule has 132 valence electrons. The fraction of sp³-hybridized carbons (Fsp3) is 0.533. The SMILES string of the molecule is CCNC(=NCc1ccc(S(C)(=O)=O)c(C)c1)NCCCF.I. The molecule has 0 spiro atoms. The molecule has 2 N–H and O–H groups in total. The molecule has 1 rings (SSSR count). The third kappa shape index (κ3) is 7.96. The lowest BCUT2D eigenvalue weighted by Crippen LogP contribution is -2.37. The van der Waals surface area contributed by atoms with Crippen LogP contribution < -0.4 is 10.6 Å². The highest BCUT2D eigenvalue weighted by atomic mass is 127. The van der Waals surface area contributed by atoms with Crippen molar-refractivity contribution in [3.8, 4) is 0 Å². The van der Waals surface area contributed by atoms with Crippen molar-refractivity contribution in [3.63, 3.8) is 0 Å². The highest BCUT2D eigenvalue weighted by Crippen LogP contribution is 2.17. The van der Waals surface area contributed by atoms with E-state index in [-0.39, 0.29) is 30.7 Å². The van der Waals surface area contributed by atoms with Gasteiger partial charge in [0, 0.05) is 19.3 Å². The molecule has 5 nitrogen and oxygen atoms in total. The quantitative estimate of drug-likeness (QED) is 0.286. The predicted molar refractivity (Wildman–Crippen MR) is 103 cm³/mol. The summed E-state index contributed by atoms with van der Waals surface area (Å²) in [4.78, 5) is 4.75. The van der Waals surface area contributed by atoms with E-state index in [9.17, 15) is 12.8 Å². The Bertz CT molecular complexity index is 621. The van der Waals surface area contributed by atoms with Crippen LogP contribution in [0.15, 0.2) is 28.1 Å². The second-order valence-electron chi connectivity index (χ2n) is 5.04. The lowest BCUT2D eigenvalue weighted by molar-refractivity contribution is 0.470. The molecule has 0 aromatic heterocycles. The van der Waals surface area contributed by atoms with Crippen molar-refractivity contribution in [1.29, 1.82) is 0 Å².